The average Bonchev–Trinajstić information content (AvgIpc) is 2.98. The van der Waals surface area contributed by atoms with E-state index in [1.807, 2.05) is 0 Å². The summed E-state index contributed by atoms with van der Waals surface area (Å²) in [5.74, 6) is 0.350. The molecule has 4 nitrogen and oxygen atoms in total. The van der Waals surface area contributed by atoms with Crippen LogP contribution in [0, 0.1) is 5.92 Å². The van der Waals surface area contributed by atoms with Gasteiger partial charge in [0.05, 0.1) is 0 Å². The summed E-state index contributed by atoms with van der Waals surface area (Å²) in [6.45, 7) is 2.35. The lowest BCUT2D eigenvalue weighted by Crippen LogP contribution is -2.26. The molecule has 7 heteroatoms. The number of nitrogens with one attached hydrogen (secondary N) is 1. The molecule has 1 aromatic rings. The molecule has 0 spiro atoms. The fourth-order valence-corrected chi connectivity index (χ4v) is 2.64. The van der Waals surface area contributed by atoms with Gasteiger partial charge in [-0.1, -0.05) is 12.1 Å². The average molecular weight is 330 g/mol. The van der Waals surface area contributed by atoms with Gasteiger partial charge >= 0.3 is 6.36 Å². The zero-order valence-corrected chi connectivity index (χ0v) is 13.0. The van der Waals surface area contributed by atoms with Crippen LogP contribution >= 0.6 is 0 Å². The number of ether oxygens (including phenoxy) is 1. The molecule has 1 atom stereocenters. The van der Waals surface area contributed by atoms with Crippen LogP contribution in [0.5, 0.6) is 5.75 Å². The number of carbonyl (C=O) groups is 1. The van der Waals surface area contributed by atoms with Crippen molar-refractivity contribution in [2.24, 2.45) is 5.92 Å². The van der Waals surface area contributed by atoms with Gasteiger partial charge in [0.25, 0.3) is 0 Å². The van der Waals surface area contributed by atoms with Crippen LogP contribution < -0.4 is 10.1 Å². The van der Waals surface area contributed by atoms with Gasteiger partial charge in [0.2, 0.25) is 5.91 Å². The Balaban J connectivity index is 1.79. The van der Waals surface area contributed by atoms with Gasteiger partial charge in [0.1, 0.15) is 5.75 Å². The molecule has 0 bridgehead atoms. The van der Waals surface area contributed by atoms with E-state index in [0.717, 1.165) is 31.5 Å². The highest BCUT2D eigenvalue weighted by Gasteiger charge is 2.30. The van der Waals surface area contributed by atoms with Gasteiger partial charge in [0.15, 0.2) is 0 Å². The lowest BCUT2D eigenvalue weighted by atomic mass is 10.0. The second-order valence-corrected chi connectivity index (χ2v) is 5.84. The SMILES string of the molecule is CN(Cc1ccc(OC(F)(F)F)cc1)C(=O)CCC1CCNC1. The van der Waals surface area contributed by atoms with Crippen LogP contribution in [0.1, 0.15) is 24.8 Å². The van der Waals surface area contributed by atoms with E-state index in [2.05, 4.69) is 10.1 Å². The second kappa shape index (κ2) is 7.68. The number of benzene rings is 1. The van der Waals surface area contributed by atoms with Gasteiger partial charge in [-0.05, 0) is 49.5 Å². The lowest BCUT2D eigenvalue weighted by Gasteiger charge is -2.18. The summed E-state index contributed by atoms with van der Waals surface area (Å²) in [6.07, 6.45) is -2.21. The highest BCUT2D eigenvalue weighted by atomic mass is 19.4. The van der Waals surface area contributed by atoms with Gasteiger partial charge < -0.3 is 15.0 Å². The summed E-state index contributed by atoms with van der Waals surface area (Å²) < 4.78 is 40.1. The molecule has 128 valence electrons. The Bertz CT molecular complexity index is 511. The molecule has 23 heavy (non-hydrogen) atoms. The van der Waals surface area contributed by atoms with Crippen molar-refractivity contribution in [3.8, 4) is 5.75 Å². The maximum atomic E-state index is 12.1. The summed E-state index contributed by atoms with van der Waals surface area (Å²) in [5.41, 5.74) is 0.762. The molecule has 1 heterocycles. The van der Waals surface area contributed by atoms with Crippen LogP contribution in [0.4, 0.5) is 13.2 Å². The number of alkyl halides is 3. The summed E-state index contributed by atoms with van der Waals surface area (Å²) >= 11 is 0. The van der Waals surface area contributed by atoms with Gasteiger partial charge in [-0.15, -0.1) is 13.2 Å². The molecule has 0 radical (unpaired) electrons. The quantitative estimate of drug-likeness (QED) is 0.872. The minimum Gasteiger partial charge on any atom is -0.406 e. The number of halogens is 3. The molecule has 0 aliphatic carbocycles. The molecule has 2 rings (SSSR count). The number of hydrogen-bond donors (Lipinski definition) is 1. The molecular weight excluding hydrogens is 309 g/mol. The first-order chi connectivity index (χ1) is 10.8. The number of amides is 1. The fourth-order valence-electron chi connectivity index (χ4n) is 2.64. The Morgan fingerprint density at radius 1 is 1.35 bits per heavy atom. The Kier molecular flexibility index (Phi) is 5.87. The Hall–Kier alpha value is -1.76. The highest BCUT2D eigenvalue weighted by molar-refractivity contribution is 5.75. The third-order valence-electron chi connectivity index (χ3n) is 3.93. The molecule has 1 saturated heterocycles. The second-order valence-electron chi connectivity index (χ2n) is 5.84. The van der Waals surface area contributed by atoms with Gasteiger partial charge in [0, 0.05) is 20.0 Å². The van der Waals surface area contributed by atoms with Crippen LogP contribution in [0.3, 0.4) is 0 Å². The minimum absolute atomic E-state index is 0.0486. The number of nitrogens with zero attached hydrogens (tertiary/aromatic N) is 1. The van der Waals surface area contributed by atoms with Crippen LogP contribution in [0.25, 0.3) is 0 Å². The standard InChI is InChI=1S/C16H21F3N2O2/c1-21(15(22)7-4-12-8-9-20-10-12)11-13-2-5-14(6-3-13)23-16(17,18)19/h2-3,5-6,12,20H,4,7-11H2,1H3. The van der Waals surface area contributed by atoms with Crippen molar-refractivity contribution in [3.05, 3.63) is 29.8 Å². The van der Waals surface area contributed by atoms with Crippen LogP contribution in [-0.2, 0) is 11.3 Å². The highest BCUT2D eigenvalue weighted by Crippen LogP contribution is 2.23. The third kappa shape index (κ3) is 6.09. The van der Waals surface area contributed by atoms with E-state index >= 15 is 0 Å². The van der Waals surface area contributed by atoms with Crippen molar-refractivity contribution in [1.29, 1.82) is 0 Å². The van der Waals surface area contributed by atoms with Gasteiger partial charge in [-0.2, -0.15) is 0 Å². The van der Waals surface area contributed by atoms with Crippen LogP contribution in [0.2, 0.25) is 0 Å². The van der Waals surface area contributed by atoms with E-state index in [1.165, 1.54) is 24.3 Å². The third-order valence-corrected chi connectivity index (χ3v) is 3.93. The molecule has 1 amide bonds. The first kappa shape index (κ1) is 17.6. The number of carbonyl (C=O) groups excluding carboxylic acids is 1. The van der Waals surface area contributed by atoms with Crippen LogP contribution in [0.15, 0.2) is 24.3 Å². The van der Waals surface area contributed by atoms with Crippen molar-refractivity contribution >= 4 is 5.91 Å². The first-order valence-electron chi connectivity index (χ1n) is 7.63. The molecule has 1 aliphatic heterocycles. The molecule has 1 fully saturated rings. The van der Waals surface area contributed by atoms with Crippen molar-refractivity contribution in [3.63, 3.8) is 0 Å². The monoisotopic (exact) mass is 330 g/mol. The zero-order chi connectivity index (χ0) is 16.9. The molecular formula is C16H21F3N2O2. The number of hydrogen-bond acceptors (Lipinski definition) is 3. The Morgan fingerprint density at radius 3 is 2.61 bits per heavy atom. The first-order valence-corrected chi connectivity index (χ1v) is 7.63. The maximum Gasteiger partial charge on any atom is 0.573 e. The van der Waals surface area contributed by atoms with Crippen molar-refractivity contribution in [2.75, 3.05) is 20.1 Å². The lowest BCUT2D eigenvalue weighted by molar-refractivity contribution is -0.274. The molecule has 1 aliphatic rings. The van der Waals surface area contributed by atoms with E-state index in [0.29, 0.717) is 18.9 Å². The van der Waals surface area contributed by atoms with Crippen LogP contribution in [-0.4, -0.2) is 37.3 Å². The summed E-state index contributed by atoms with van der Waals surface area (Å²) in [5, 5.41) is 3.27. The Morgan fingerprint density at radius 2 is 2.04 bits per heavy atom. The van der Waals surface area contributed by atoms with Gasteiger partial charge in [-0.25, -0.2) is 0 Å². The van der Waals surface area contributed by atoms with E-state index in [9.17, 15) is 18.0 Å². The van der Waals surface area contributed by atoms with E-state index in [4.69, 9.17) is 0 Å². The van der Waals surface area contributed by atoms with Crippen molar-refractivity contribution < 1.29 is 22.7 Å². The number of rotatable bonds is 6. The molecule has 1 N–H and O–H groups in total. The van der Waals surface area contributed by atoms with Crippen molar-refractivity contribution in [1.82, 2.24) is 10.2 Å². The van der Waals surface area contributed by atoms with E-state index < -0.39 is 6.36 Å². The Labute approximate surface area is 133 Å². The van der Waals surface area contributed by atoms with Gasteiger partial charge in [-0.3, -0.25) is 4.79 Å². The molecule has 1 aromatic carbocycles. The molecule has 0 aromatic heterocycles. The van der Waals surface area contributed by atoms with Crippen molar-refractivity contribution in [2.45, 2.75) is 32.2 Å². The minimum atomic E-state index is -4.69. The largest absolute Gasteiger partial charge is 0.573 e. The predicted molar refractivity (Wildman–Crippen MR) is 79.8 cm³/mol. The maximum absolute atomic E-state index is 12.1. The summed E-state index contributed by atoms with van der Waals surface area (Å²) in [4.78, 5) is 13.7. The van der Waals surface area contributed by atoms with E-state index in [1.54, 1.807) is 11.9 Å². The fraction of sp³-hybridized carbons (Fsp3) is 0.562. The van der Waals surface area contributed by atoms with E-state index in [-0.39, 0.29) is 11.7 Å². The predicted octanol–water partition coefficient (Wildman–Crippen LogP) is 2.93. The molecule has 1 unspecified atom stereocenters. The summed E-state index contributed by atoms with van der Waals surface area (Å²) in [7, 11) is 1.70. The smallest absolute Gasteiger partial charge is 0.406 e. The zero-order valence-electron chi connectivity index (χ0n) is 13.0. The topological polar surface area (TPSA) is 41.6 Å². The molecule has 0 saturated carbocycles. The summed E-state index contributed by atoms with van der Waals surface area (Å²) in [6, 6.07) is 5.58. The normalized spacial score (nSPS) is 18.0.